The number of ether oxygens (including phenoxy) is 3. The predicted octanol–water partition coefficient (Wildman–Crippen LogP) is 3.36. The van der Waals surface area contributed by atoms with Crippen LogP contribution in [0.2, 0.25) is 0 Å². The van der Waals surface area contributed by atoms with Crippen LogP contribution in [0, 0.1) is 5.21 Å². The van der Waals surface area contributed by atoms with Gasteiger partial charge in [-0.15, -0.1) is 0 Å². The van der Waals surface area contributed by atoms with Crippen LogP contribution in [-0.4, -0.2) is 64.9 Å². The molecule has 22 heavy (non-hydrogen) atoms. The Morgan fingerprint density at radius 1 is 0.636 bits per heavy atom. The van der Waals surface area contributed by atoms with Gasteiger partial charge in [0.25, 0.3) is 0 Å². The van der Waals surface area contributed by atoms with Crippen LogP contribution in [-0.2, 0) is 14.2 Å². The molecule has 5 heteroatoms. The molecule has 0 unspecified atom stereocenters. The Labute approximate surface area is 137 Å². The lowest BCUT2D eigenvalue weighted by Gasteiger charge is -2.33. The van der Waals surface area contributed by atoms with Crippen molar-refractivity contribution in [2.24, 2.45) is 0 Å². The molecular weight excluding hydrogens is 282 g/mol. The first-order chi connectivity index (χ1) is 10.6. The molecule has 0 fully saturated rings. The maximum Gasteiger partial charge on any atom is 0.102 e. The number of unbranched alkanes of at least 4 members (excludes halogenated alkanes) is 6. The van der Waals surface area contributed by atoms with Crippen LogP contribution in [0.5, 0.6) is 0 Å². The summed E-state index contributed by atoms with van der Waals surface area (Å²) in [6.45, 7) is 6.41. The van der Waals surface area contributed by atoms with Crippen molar-refractivity contribution in [3.8, 4) is 0 Å². The van der Waals surface area contributed by atoms with E-state index in [0.29, 0.717) is 39.6 Å². The average Bonchev–Trinajstić information content (AvgIpc) is 2.45. The first-order valence-electron chi connectivity index (χ1n) is 8.83. The number of likely N-dealkylation sites (N-methyl/N-ethyl adjacent to an activating group) is 1. The highest BCUT2D eigenvalue weighted by molar-refractivity contribution is 4.44. The molecule has 0 aliphatic carbocycles. The van der Waals surface area contributed by atoms with E-state index >= 15 is 0 Å². The number of rotatable bonds is 17. The normalized spacial score (nSPS) is 12.0. The summed E-state index contributed by atoms with van der Waals surface area (Å²) in [6.07, 6.45) is 9.16. The lowest BCUT2D eigenvalue weighted by atomic mass is 10.1. The molecule has 0 bridgehead atoms. The summed E-state index contributed by atoms with van der Waals surface area (Å²) in [6, 6.07) is 0. The number of hydroxylamine groups is 3. The highest BCUT2D eigenvalue weighted by atomic mass is 16.6. The van der Waals surface area contributed by atoms with E-state index < -0.39 is 0 Å². The summed E-state index contributed by atoms with van der Waals surface area (Å²) in [7, 11) is 3.23. The fourth-order valence-corrected chi connectivity index (χ4v) is 1.99. The topological polar surface area (TPSA) is 50.8 Å². The van der Waals surface area contributed by atoms with E-state index in [2.05, 4.69) is 6.92 Å². The lowest BCUT2D eigenvalue weighted by molar-refractivity contribution is -0.840. The number of nitrogens with zero attached hydrogens (tertiary/aromatic N) is 1. The molecule has 0 aromatic carbocycles. The van der Waals surface area contributed by atoms with E-state index in [1.54, 1.807) is 14.1 Å². The number of quaternary nitrogens is 1. The quantitative estimate of drug-likeness (QED) is 0.234. The molecule has 0 spiro atoms. The third-order valence-corrected chi connectivity index (χ3v) is 3.41. The first-order valence-corrected chi connectivity index (χ1v) is 8.83. The van der Waals surface area contributed by atoms with Crippen LogP contribution in [0.3, 0.4) is 0 Å². The second kappa shape index (κ2) is 15.7. The van der Waals surface area contributed by atoms with Gasteiger partial charge in [0.05, 0.1) is 47.1 Å². The summed E-state index contributed by atoms with van der Waals surface area (Å²) < 4.78 is 15.9. The molecule has 0 heterocycles. The molecular formula is C17H37NO4. The van der Waals surface area contributed by atoms with Gasteiger partial charge in [-0.3, -0.25) is 0 Å². The molecule has 0 rings (SSSR count). The smallest absolute Gasteiger partial charge is 0.102 e. The van der Waals surface area contributed by atoms with Crippen molar-refractivity contribution in [3.63, 3.8) is 0 Å². The fourth-order valence-electron chi connectivity index (χ4n) is 1.99. The molecule has 5 nitrogen and oxygen atoms in total. The molecule has 0 aliphatic heterocycles. The van der Waals surface area contributed by atoms with Gasteiger partial charge in [0.1, 0.15) is 6.54 Å². The molecule has 0 aromatic rings. The van der Waals surface area contributed by atoms with Gasteiger partial charge in [-0.1, -0.05) is 45.4 Å². The van der Waals surface area contributed by atoms with Gasteiger partial charge in [0.2, 0.25) is 0 Å². The lowest BCUT2D eigenvalue weighted by Crippen LogP contribution is -2.35. The van der Waals surface area contributed by atoms with Crippen molar-refractivity contribution in [2.45, 2.75) is 51.9 Å². The number of hydrogen-bond acceptors (Lipinski definition) is 4. The third kappa shape index (κ3) is 19.8. The number of hydrogen-bond donors (Lipinski definition) is 0. The van der Waals surface area contributed by atoms with Gasteiger partial charge in [-0.05, 0) is 6.42 Å². The summed E-state index contributed by atoms with van der Waals surface area (Å²) >= 11 is 0. The minimum Gasteiger partial charge on any atom is -0.633 e. The molecule has 0 aromatic heterocycles. The maximum atomic E-state index is 11.3. The van der Waals surface area contributed by atoms with Gasteiger partial charge >= 0.3 is 0 Å². The maximum absolute atomic E-state index is 11.3. The first kappa shape index (κ1) is 21.8. The Morgan fingerprint density at radius 3 is 1.64 bits per heavy atom. The van der Waals surface area contributed by atoms with Gasteiger partial charge < -0.3 is 24.1 Å². The van der Waals surface area contributed by atoms with Gasteiger partial charge in [-0.25, -0.2) is 0 Å². The van der Waals surface area contributed by atoms with Gasteiger partial charge in [-0.2, -0.15) is 0 Å². The standard InChI is InChI=1S/C17H37NO4/c1-4-5-6-7-8-9-10-12-20-14-16-22-17-15-21-13-11-18(2,3)19/h4-17H2,1-3H3. The predicted molar refractivity (Wildman–Crippen MR) is 90.8 cm³/mol. The zero-order valence-corrected chi connectivity index (χ0v) is 15.0. The van der Waals surface area contributed by atoms with Gasteiger partial charge in [0, 0.05) is 6.61 Å². The van der Waals surface area contributed by atoms with E-state index in [9.17, 15) is 5.21 Å². The Morgan fingerprint density at radius 2 is 1.09 bits per heavy atom. The van der Waals surface area contributed by atoms with E-state index in [-0.39, 0.29) is 4.65 Å². The molecule has 134 valence electrons. The van der Waals surface area contributed by atoms with Crippen molar-refractivity contribution in [2.75, 3.05) is 60.3 Å². The third-order valence-electron chi connectivity index (χ3n) is 3.41. The van der Waals surface area contributed by atoms with Crippen molar-refractivity contribution < 1.29 is 18.9 Å². The molecule has 0 amide bonds. The minimum absolute atomic E-state index is 0.312. The Balaban J connectivity index is 3.00. The van der Waals surface area contributed by atoms with Crippen LogP contribution >= 0.6 is 0 Å². The van der Waals surface area contributed by atoms with Gasteiger partial charge in [0.15, 0.2) is 0 Å². The fraction of sp³-hybridized carbons (Fsp3) is 1.00. The zero-order valence-electron chi connectivity index (χ0n) is 15.0. The van der Waals surface area contributed by atoms with Crippen LogP contribution in [0.1, 0.15) is 51.9 Å². The van der Waals surface area contributed by atoms with Crippen LogP contribution in [0.15, 0.2) is 0 Å². The summed E-state index contributed by atoms with van der Waals surface area (Å²) in [5, 5.41) is 11.3. The van der Waals surface area contributed by atoms with Crippen LogP contribution in [0.25, 0.3) is 0 Å². The largest absolute Gasteiger partial charge is 0.633 e. The molecule has 0 N–H and O–H groups in total. The van der Waals surface area contributed by atoms with E-state index in [0.717, 1.165) is 13.0 Å². The second-order valence-electron chi connectivity index (χ2n) is 6.26. The molecule has 0 aliphatic rings. The Bertz CT molecular complexity index is 219. The Hall–Kier alpha value is -0.200. The van der Waals surface area contributed by atoms with E-state index in [4.69, 9.17) is 14.2 Å². The zero-order chi connectivity index (χ0) is 16.5. The van der Waals surface area contributed by atoms with Crippen molar-refractivity contribution >= 4 is 0 Å². The second-order valence-corrected chi connectivity index (χ2v) is 6.26. The summed E-state index contributed by atoms with van der Waals surface area (Å²) in [5.41, 5.74) is 0. The van der Waals surface area contributed by atoms with Crippen molar-refractivity contribution in [1.82, 2.24) is 0 Å². The summed E-state index contributed by atoms with van der Waals surface area (Å²) in [4.78, 5) is 0. The highest BCUT2D eigenvalue weighted by Crippen LogP contribution is 2.06. The van der Waals surface area contributed by atoms with Crippen LogP contribution in [0.4, 0.5) is 0 Å². The average molecular weight is 319 g/mol. The monoisotopic (exact) mass is 319 g/mol. The molecule has 0 saturated heterocycles. The molecule has 0 saturated carbocycles. The van der Waals surface area contributed by atoms with Crippen molar-refractivity contribution in [3.05, 3.63) is 5.21 Å². The van der Waals surface area contributed by atoms with E-state index in [1.807, 2.05) is 0 Å². The Kier molecular flexibility index (Phi) is 15.5. The van der Waals surface area contributed by atoms with Crippen LogP contribution < -0.4 is 0 Å². The molecule has 0 radical (unpaired) electrons. The minimum atomic E-state index is -0.312. The van der Waals surface area contributed by atoms with E-state index in [1.165, 1.54) is 38.5 Å². The van der Waals surface area contributed by atoms with Crippen molar-refractivity contribution in [1.29, 1.82) is 0 Å². The highest BCUT2D eigenvalue weighted by Gasteiger charge is 2.00. The molecule has 0 atom stereocenters. The summed E-state index contributed by atoms with van der Waals surface area (Å²) in [5.74, 6) is 0. The SMILES string of the molecule is CCCCCCCCCOCCOCCOCC[N+](C)(C)[O-].